The summed E-state index contributed by atoms with van der Waals surface area (Å²) in [5, 5.41) is 0. The highest BCUT2D eigenvalue weighted by Crippen LogP contribution is 2.41. The van der Waals surface area contributed by atoms with E-state index in [1.807, 2.05) is 0 Å². The Morgan fingerprint density at radius 3 is 1.71 bits per heavy atom. The summed E-state index contributed by atoms with van der Waals surface area (Å²) >= 11 is 0. The maximum absolute atomic E-state index is 13.1. The van der Waals surface area contributed by atoms with Crippen LogP contribution in [0.1, 0.15) is 129 Å². The molecular formula is C29H51NO. The maximum atomic E-state index is 13.1. The molecule has 0 N–H and O–H groups in total. The van der Waals surface area contributed by atoms with Gasteiger partial charge in [0.05, 0.1) is 5.92 Å². The van der Waals surface area contributed by atoms with Crippen molar-refractivity contribution in [3.8, 4) is 0 Å². The molecule has 1 aliphatic carbocycles. The number of carbonyl (C=O) groups is 1. The molecule has 0 radical (unpaired) electrons. The average Bonchev–Trinajstić information content (AvgIpc) is 3.02. The second kappa shape index (κ2) is 15.7. The minimum absolute atomic E-state index is 0.176. The molecule has 1 amide bonds. The number of nitrogens with zero attached hydrogens (tertiary/aromatic N) is 1. The molecule has 1 saturated heterocycles. The van der Waals surface area contributed by atoms with Gasteiger partial charge >= 0.3 is 0 Å². The fourth-order valence-corrected chi connectivity index (χ4v) is 5.57. The van der Waals surface area contributed by atoms with E-state index in [0.717, 1.165) is 25.1 Å². The third kappa shape index (κ3) is 9.15. The molecule has 2 heteroatoms. The van der Waals surface area contributed by atoms with Crippen LogP contribution in [0.3, 0.4) is 0 Å². The molecule has 2 aliphatic rings. The molecule has 0 spiro atoms. The van der Waals surface area contributed by atoms with Crippen LogP contribution in [-0.2, 0) is 4.79 Å². The molecule has 0 aromatic rings. The summed E-state index contributed by atoms with van der Waals surface area (Å²) in [4.78, 5) is 15.2. The van der Waals surface area contributed by atoms with Gasteiger partial charge in [-0.25, -0.2) is 0 Å². The van der Waals surface area contributed by atoms with E-state index in [1.54, 1.807) is 0 Å². The summed E-state index contributed by atoms with van der Waals surface area (Å²) in [6, 6.07) is 0. The lowest BCUT2D eigenvalue weighted by Crippen LogP contribution is -2.31. The van der Waals surface area contributed by atoms with Crippen LogP contribution in [-0.4, -0.2) is 17.4 Å². The van der Waals surface area contributed by atoms with Gasteiger partial charge in [0.2, 0.25) is 5.91 Å². The quantitative estimate of drug-likeness (QED) is 0.157. The van der Waals surface area contributed by atoms with Gasteiger partial charge in [-0.2, -0.15) is 0 Å². The van der Waals surface area contributed by atoms with Gasteiger partial charge in [0, 0.05) is 18.2 Å². The van der Waals surface area contributed by atoms with Crippen LogP contribution in [0.15, 0.2) is 24.4 Å². The summed E-state index contributed by atoms with van der Waals surface area (Å²) in [6.45, 7) is 9.87. The lowest BCUT2D eigenvalue weighted by Gasteiger charge is -2.26. The first-order valence-corrected chi connectivity index (χ1v) is 13.8. The molecule has 0 aromatic carbocycles. The molecule has 178 valence electrons. The minimum atomic E-state index is 0.176. The van der Waals surface area contributed by atoms with E-state index in [1.165, 1.54) is 103 Å². The fraction of sp³-hybridized carbons (Fsp3) is 0.828. The SMILES string of the molecule is C=C1C2CC=CCC2C(=O)N1CC(CCCCCCCC)CCCCCCCCCC. The van der Waals surface area contributed by atoms with Gasteiger partial charge in [-0.05, 0) is 31.6 Å². The molecule has 1 fully saturated rings. The van der Waals surface area contributed by atoms with Gasteiger partial charge in [0.15, 0.2) is 0 Å². The molecule has 1 heterocycles. The van der Waals surface area contributed by atoms with E-state index in [-0.39, 0.29) is 5.92 Å². The normalized spacial score (nSPS) is 21.7. The van der Waals surface area contributed by atoms with E-state index in [4.69, 9.17) is 0 Å². The molecule has 0 saturated carbocycles. The summed E-state index contributed by atoms with van der Waals surface area (Å²) < 4.78 is 0. The Morgan fingerprint density at radius 1 is 0.774 bits per heavy atom. The molecule has 2 rings (SSSR count). The monoisotopic (exact) mass is 429 g/mol. The van der Waals surface area contributed by atoms with Crippen molar-refractivity contribution in [2.45, 2.75) is 129 Å². The summed E-state index contributed by atoms with van der Waals surface area (Å²) in [5.74, 6) is 1.56. The van der Waals surface area contributed by atoms with Gasteiger partial charge in [-0.15, -0.1) is 0 Å². The number of hydrogen-bond donors (Lipinski definition) is 0. The van der Waals surface area contributed by atoms with Crippen molar-refractivity contribution in [1.82, 2.24) is 4.90 Å². The van der Waals surface area contributed by atoms with Crippen molar-refractivity contribution in [2.24, 2.45) is 17.8 Å². The number of rotatable bonds is 18. The number of hydrogen-bond acceptors (Lipinski definition) is 1. The lowest BCUT2D eigenvalue weighted by atomic mass is 9.84. The van der Waals surface area contributed by atoms with Crippen LogP contribution < -0.4 is 0 Å². The Labute approximate surface area is 193 Å². The van der Waals surface area contributed by atoms with Gasteiger partial charge in [0.1, 0.15) is 0 Å². The zero-order chi connectivity index (χ0) is 22.3. The smallest absolute Gasteiger partial charge is 0.230 e. The van der Waals surface area contributed by atoms with Crippen LogP contribution in [0.25, 0.3) is 0 Å². The Hall–Kier alpha value is -1.05. The van der Waals surface area contributed by atoms with Crippen molar-refractivity contribution in [3.63, 3.8) is 0 Å². The fourth-order valence-electron chi connectivity index (χ4n) is 5.57. The third-order valence-electron chi connectivity index (χ3n) is 7.66. The third-order valence-corrected chi connectivity index (χ3v) is 7.66. The summed E-state index contributed by atoms with van der Waals surface area (Å²) in [6.07, 6.45) is 28.1. The minimum Gasteiger partial charge on any atom is -0.316 e. The predicted octanol–water partition coefficient (Wildman–Crippen LogP) is 8.82. The number of likely N-dealkylation sites (tertiary alicyclic amines) is 1. The predicted molar refractivity (Wildman–Crippen MR) is 135 cm³/mol. The number of allylic oxidation sites excluding steroid dienone is 3. The lowest BCUT2D eigenvalue weighted by molar-refractivity contribution is -0.131. The molecular weight excluding hydrogens is 378 g/mol. The largest absolute Gasteiger partial charge is 0.316 e. The van der Waals surface area contributed by atoms with Gasteiger partial charge in [-0.1, -0.05) is 122 Å². The molecule has 0 aromatic heterocycles. The molecule has 1 aliphatic heterocycles. The van der Waals surface area contributed by atoms with Crippen molar-refractivity contribution < 1.29 is 4.79 Å². The van der Waals surface area contributed by atoms with E-state index in [0.29, 0.717) is 17.7 Å². The number of amides is 1. The zero-order valence-electron chi connectivity index (χ0n) is 20.9. The Bertz CT molecular complexity index is 511. The average molecular weight is 430 g/mol. The summed E-state index contributed by atoms with van der Waals surface area (Å²) in [7, 11) is 0. The zero-order valence-corrected chi connectivity index (χ0v) is 20.9. The second-order valence-electron chi connectivity index (χ2n) is 10.3. The molecule has 3 unspecified atom stereocenters. The van der Waals surface area contributed by atoms with Crippen LogP contribution in [0, 0.1) is 17.8 Å². The van der Waals surface area contributed by atoms with Crippen LogP contribution in [0.2, 0.25) is 0 Å². The Balaban J connectivity index is 1.76. The van der Waals surface area contributed by atoms with Crippen molar-refractivity contribution in [3.05, 3.63) is 24.4 Å². The first kappa shape index (κ1) is 26.2. The molecule has 31 heavy (non-hydrogen) atoms. The standard InChI is InChI=1S/C29H51NO/c1-4-6-8-10-12-13-15-17-21-26(20-16-14-11-9-7-5-2)24-30-25(3)27-22-18-19-23-28(27)29(30)31/h18-19,26-28H,3-17,20-24H2,1-2H3. The summed E-state index contributed by atoms with van der Waals surface area (Å²) in [5.41, 5.74) is 1.11. The van der Waals surface area contributed by atoms with Gasteiger partial charge < -0.3 is 4.90 Å². The first-order chi connectivity index (χ1) is 15.2. The topological polar surface area (TPSA) is 20.3 Å². The van der Waals surface area contributed by atoms with E-state index in [9.17, 15) is 4.79 Å². The Morgan fingerprint density at radius 2 is 1.23 bits per heavy atom. The Kier molecular flexibility index (Phi) is 13.3. The molecule has 0 bridgehead atoms. The van der Waals surface area contributed by atoms with Crippen LogP contribution in [0.5, 0.6) is 0 Å². The van der Waals surface area contributed by atoms with Crippen molar-refractivity contribution in [2.75, 3.05) is 6.54 Å². The van der Waals surface area contributed by atoms with E-state index >= 15 is 0 Å². The first-order valence-electron chi connectivity index (χ1n) is 13.8. The highest BCUT2D eigenvalue weighted by molar-refractivity contribution is 5.85. The number of fused-ring (bicyclic) bond motifs is 1. The van der Waals surface area contributed by atoms with Crippen LogP contribution in [0.4, 0.5) is 0 Å². The second-order valence-corrected chi connectivity index (χ2v) is 10.3. The van der Waals surface area contributed by atoms with Crippen molar-refractivity contribution in [1.29, 1.82) is 0 Å². The van der Waals surface area contributed by atoms with E-state index in [2.05, 4.69) is 37.5 Å². The van der Waals surface area contributed by atoms with Crippen LogP contribution >= 0.6 is 0 Å². The number of carbonyl (C=O) groups excluding carboxylic acids is 1. The van der Waals surface area contributed by atoms with Gasteiger partial charge in [0.25, 0.3) is 0 Å². The molecule has 2 nitrogen and oxygen atoms in total. The maximum Gasteiger partial charge on any atom is 0.230 e. The van der Waals surface area contributed by atoms with E-state index < -0.39 is 0 Å². The molecule has 3 atom stereocenters. The van der Waals surface area contributed by atoms with Gasteiger partial charge in [-0.3, -0.25) is 4.79 Å². The highest BCUT2D eigenvalue weighted by Gasteiger charge is 2.43. The number of unbranched alkanes of at least 4 members (excludes halogenated alkanes) is 12. The van der Waals surface area contributed by atoms with Crippen molar-refractivity contribution >= 4 is 5.91 Å². The highest BCUT2D eigenvalue weighted by atomic mass is 16.2.